The number of nitrogen functional groups attached to an aromatic ring is 1. The summed E-state index contributed by atoms with van der Waals surface area (Å²) in [5.74, 6) is 0.603. The van der Waals surface area contributed by atoms with Crippen LogP contribution in [0.2, 0.25) is 0 Å². The first-order chi connectivity index (χ1) is 12.0. The molecule has 0 amide bonds. The number of aryl methyl sites for hydroxylation is 2. The van der Waals surface area contributed by atoms with E-state index in [0.29, 0.717) is 16.4 Å². The smallest absolute Gasteiger partial charge is 0.248 e. The van der Waals surface area contributed by atoms with E-state index in [-0.39, 0.29) is 5.95 Å². The normalized spacial score (nSPS) is 11.8. The van der Waals surface area contributed by atoms with Gasteiger partial charge >= 0.3 is 0 Å². The number of nitrogens with two attached hydrogens (primary N) is 1. The zero-order valence-electron chi connectivity index (χ0n) is 13.7. The molecule has 1 aromatic heterocycles. The highest BCUT2D eigenvalue weighted by Crippen LogP contribution is 2.30. The third-order valence-corrected chi connectivity index (χ3v) is 5.32. The van der Waals surface area contributed by atoms with E-state index in [4.69, 9.17) is 11.0 Å². The molecule has 3 rings (SSSR count). The monoisotopic (exact) mass is 352 g/mol. The van der Waals surface area contributed by atoms with Crippen LogP contribution in [0.4, 0.5) is 17.6 Å². The lowest BCUT2D eigenvalue weighted by molar-refractivity contribution is 0.594. The molecule has 4 N–H and O–H groups in total. The average Bonchev–Trinajstić information content (AvgIpc) is 2.99. The first-order valence-corrected chi connectivity index (χ1v) is 8.61. The van der Waals surface area contributed by atoms with Crippen molar-refractivity contribution >= 4 is 28.8 Å². The minimum atomic E-state index is -1.33. The fraction of sp³-hybridized carbons (Fsp3) is 0.118. The van der Waals surface area contributed by atoms with Gasteiger partial charge in [0.25, 0.3) is 0 Å². The zero-order chi connectivity index (χ0) is 18.0. The van der Waals surface area contributed by atoms with Crippen LogP contribution in [0.25, 0.3) is 0 Å². The van der Waals surface area contributed by atoms with Crippen molar-refractivity contribution in [3.63, 3.8) is 0 Å². The van der Waals surface area contributed by atoms with Crippen LogP contribution in [0.15, 0.2) is 46.2 Å². The molecule has 0 aliphatic heterocycles. The van der Waals surface area contributed by atoms with E-state index in [1.54, 1.807) is 24.3 Å². The molecule has 25 heavy (non-hydrogen) atoms. The maximum Gasteiger partial charge on any atom is 0.248 e. The van der Waals surface area contributed by atoms with Gasteiger partial charge in [-0.05, 0) is 50.2 Å². The molecule has 0 radical (unpaired) electrons. The van der Waals surface area contributed by atoms with E-state index in [1.165, 1.54) is 0 Å². The molecule has 0 aliphatic rings. The Bertz CT molecular complexity index is 922. The Kier molecular flexibility index (Phi) is 4.61. The summed E-state index contributed by atoms with van der Waals surface area (Å²) in [6, 6.07) is 12.6. The summed E-state index contributed by atoms with van der Waals surface area (Å²) < 4.78 is 12.9. The van der Waals surface area contributed by atoms with Crippen molar-refractivity contribution in [3.8, 4) is 6.07 Å². The number of aromatic amines is 1. The molecule has 0 fully saturated rings. The minimum Gasteiger partial charge on any atom is -0.606 e. The van der Waals surface area contributed by atoms with Gasteiger partial charge in [0, 0.05) is 28.0 Å². The van der Waals surface area contributed by atoms with E-state index in [2.05, 4.69) is 26.6 Å². The molecule has 0 bridgehead atoms. The van der Waals surface area contributed by atoms with Crippen LogP contribution in [0.3, 0.4) is 0 Å². The summed E-state index contributed by atoms with van der Waals surface area (Å²) in [6.07, 6.45) is 0. The van der Waals surface area contributed by atoms with Gasteiger partial charge in [0.05, 0.1) is 11.6 Å². The number of nitrogens with zero attached hydrogens (tertiary/aromatic N) is 3. The fourth-order valence-corrected chi connectivity index (χ4v) is 3.87. The van der Waals surface area contributed by atoms with Gasteiger partial charge in [0.2, 0.25) is 11.9 Å². The number of nitriles is 1. The summed E-state index contributed by atoms with van der Waals surface area (Å²) >= 11 is -1.33. The van der Waals surface area contributed by atoms with Crippen molar-refractivity contribution in [1.82, 2.24) is 15.2 Å². The molecular weight excluding hydrogens is 336 g/mol. The molecule has 7 nitrogen and oxygen atoms in total. The Morgan fingerprint density at radius 1 is 1.20 bits per heavy atom. The van der Waals surface area contributed by atoms with E-state index in [1.807, 2.05) is 26.0 Å². The van der Waals surface area contributed by atoms with Gasteiger partial charge in [-0.25, -0.2) is 5.10 Å². The number of aromatic nitrogens is 3. The van der Waals surface area contributed by atoms with Crippen LogP contribution < -0.4 is 11.1 Å². The van der Waals surface area contributed by atoms with Crippen molar-refractivity contribution < 1.29 is 4.55 Å². The second kappa shape index (κ2) is 6.84. The van der Waals surface area contributed by atoms with Gasteiger partial charge in [-0.2, -0.15) is 10.2 Å². The number of hydrogen-bond donors (Lipinski definition) is 3. The van der Waals surface area contributed by atoms with Gasteiger partial charge < -0.3 is 15.6 Å². The van der Waals surface area contributed by atoms with Crippen LogP contribution in [-0.2, 0) is 11.2 Å². The topological polar surface area (TPSA) is 126 Å². The number of anilines is 3. The number of hydrogen-bond acceptors (Lipinski definition) is 6. The molecule has 8 heteroatoms. The van der Waals surface area contributed by atoms with Crippen LogP contribution in [-0.4, -0.2) is 19.7 Å². The standard InChI is InChI=1S/C17H16N6OS/c1-10-7-13(20-17-21-16(19)22-23-17)8-11(2)15(10)25(24)14-5-3-12(9-18)4-6-14/h3-8H,1-2H3,(H4,19,20,21,22,23). The van der Waals surface area contributed by atoms with Crippen LogP contribution in [0.1, 0.15) is 16.7 Å². The highest BCUT2D eigenvalue weighted by molar-refractivity contribution is 7.91. The quantitative estimate of drug-likeness (QED) is 0.620. The third kappa shape index (κ3) is 3.57. The highest BCUT2D eigenvalue weighted by Gasteiger charge is 2.21. The van der Waals surface area contributed by atoms with E-state index < -0.39 is 11.2 Å². The SMILES string of the molecule is Cc1cc(Nc2n[nH]c(N)n2)cc(C)c1[S+]([O-])c1ccc(C#N)cc1. The summed E-state index contributed by atoms with van der Waals surface area (Å²) in [6.45, 7) is 3.81. The predicted octanol–water partition coefficient (Wildman–Crippen LogP) is 2.79. The second-order valence-corrected chi connectivity index (χ2v) is 6.93. The number of nitrogens with one attached hydrogen (secondary N) is 2. The highest BCUT2D eigenvalue weighted by atomic mass is 32.2. The number of rotatable bonds is 4. The lowest BCUT2D eigenvalue weighted by atomic mass is 10.1. The molecule has 1 unspecified atom stereocenters. The molecule has 126 valence electrons. The molecule has 2 aromatic carbocycles. The second-order valence-electron chi connectivity index (χ2n) is 5.51. The summed E-state index contributed by atoms with van der Waals surface area (Å²) in [7, 11) is 0. The first-order valence-electron chi connectivity index (χ1n) is 7.46. The van der Waals surface area contributed by atoms with Crippen molar-refractivity contribution in [2.24, 2.45) is 0 Å². The maximum absolute atomic E-state index is 12.9. The molecule has 1 heterocycles. The van der Waals surface area contributed by atoms with Crippen molar-refractivity contribution in [3.05, 3.63) is 53.1 Å². The van der Waals surface area contributed by atoms with E-state index in [9.17, 15) is 4.55 Å². The Labute approximate surface area is 148 Å². The molecular formula is C17H16N6OS. The zero-order valence-corrected chi connectivity index (χ0v) is 14.5. The van der Waals surface area contributed by atoms with Crippen molar-refractivity contribution in [1.29, 1.82) is 5.26 Å². The average molecular weight is 352 g/mol. The minimum absolute atomic E-state index is 0.231. The molecule has 3 aromatic rings. The van der Waals surface area contributed by atoms with Gasteiger partial charge in [-0.1, -0.05) is 0 Å². The number of H-pyrrole nitrogens is 1. The molecule has 0 spiro atoms. The summed E-state index contributed by atoms with van der Waals surface area (Å²) in [5.41, 5.74) is 8.61. The lowest BCUT2D eigenvalue weighted by Crippen LogP contribution is -2.07. The number of benzene rings is 2. The van der Waals surface area contributed by atoms with Gasteiger partial charge in [0.15, 0.2) is 9.79 Å². The maximum atomic E-state index is 12.9. The molecule has 0 saturated heterocycles. The third-order valence-electron chi connectivity index (χ3n) is 3.60. The Morgan fingerprint density at radius 3 is 2.36 bits per heavy atom. The van der Waals surface area contributed by atoms with Crippen molar-refractivity contribution in [2.75, 3.05) is 11.1 Å². The van der Waals surface area contributed by atoms with E-state index >= 15 is 0 Å². The fourth-order valence-electron chi connectivity index (χ4n) is 2.55. The summed E-state index contributed by atoms with van der Waals surface area (Å²) in [4.78, 5) is 5.41. The predicted molar refractivity (Wildman–Crippen MR) is 95.8 cm³/mol. The van der Waals surface area contributed by atoms with Crippen LogP contribution in [0, 0.1) is 25.2 Å². The lowest BCUT2D eigenvalue weighted by Gasteiger charge is -2.16. The van der Waals surface area contributed by atoms with Crippen LogP contribution in [0.5, 0.6) is 0 Å². The Balaban J connectivity index is 1.90. The van der Waals surface area contributed by atoms with Gasteiger partial charge in [-0.15, -0.1) is 5.10 Å². The van der Waals surface area contributed by atoms with Crippen LogP contribution >= 0.6 is 0 Å². The molecule has 1 atom stereocenters. The van der Waals surface area contributed by atoms with Gasteiger partial charge in [-0.3, -0.25) is 0 Å². The van der Waals surface area contributed by atoms with Crippen molar-refractivity contribution in [2.45, 2.75) is 23.6 Å². The van der Waals surface area contributed by atoms with Gasteiger partial charge in [0.1, 0.15) is 0 Å². The molecule has 0 saturated carbocycles. The largest absolute Gasteiger partial charge is 0.606 e. The Morgan fingerprint density at radius 2 is 1.84 bits per heavy atom. The Hall–Kier alpha value is -3.02. The van der Waals surface area contributed by atoms with E-state index in [0.717, 1.165) is 21.7 Å². The summed E-state index contributed by atoms with van der Waals surface area (Å²) in [5, 5.41) is 18.4. The first kappa shape index (κ1) is 16.8. The molecule has 0 aliphatic carbocycles.